The van der Waals surface area contributed by atoms with E-state index < -0.39 is 0 Å². The minimum Gasteiger partial charge on any atom is -0.395 e. The van der Waals surface area contributed by atoms with Gasteiger partial charge in [-0.2, -0.15) is 5.10 Å². The number of nitrogen functional groups attached to an aromatic ring is 1. The molecule has 0 aliphatic heterocycles. The molecule has 2 rings (SSSR count). The number of hydrogen-bond acceptors (Lipinski definition) is 3. The molecule has 1 aromatic heterocycles. The molecule has 1 aromatic carbocycles. The molecule has 0 aliphatic carbocycles. The number of aryl methyl sites for hydroxylation is 5. The van der Waals surface area contributed by atoms with Crippen molar-refractivity contribution in [3.8, 4) is 0 Å². The van der Waals surface area contributed by atoms with E-state index in [2.05, 4.69) is 10.4 Å². The van der Waals surface area contributed by atoms with Crippen molar-refractivity contribution in [1.82, 2.24) is 9.78 Å². The number of nitrogens with one attached hydrogen (secondary N) is 1. The fraction of sp³-hybridized carbons (Fsp3) is 0.333. The van der Waals surface area contributed by atoms with Crippen molar-refractivity contribution in [2.45, 2.75) is 27.7 Å². The third-order valence-corrected chi connectivity index (χ3v) is 3.40. The summed E-state index contributed by atoms with van der Waals surface area (Å²) in [6.07, 6.45) is 0. The summed E-state index contributed by atoms with van der Waals surface area (Å²) in [7, 11) is 1.72. The number of nitrogens with zero attached hydrogens (tertiary/aromatic N) is 2. The van der Waals surface area contributed by atoms with Gasteiger partial charge in [0, 0.05) is 12.7 Å². The molecule has 0 spiro atoms. The van der Waals surface area contributed by atoms with Crippen molar-refractivity contribution >= 4 is 17.3 Å². The van der Waals surface area contributed by atoms with Crippen LogP contribution in [0.1, 0.15) is 32.9 Å². The molecule has 0 unspecified atom stereocenters. The van der Waals surface area contributed by atoms with Crippen molar-refractivity contribution in [3.63, 3.8) is 0 Å². The van der Waals surface area contributed by atoms with Crippen LogP contribution in [0.4, 0.5) is 11.4 Å². The van der Waals surface area contributed by atoms with E-state index in [1.165, 1.54) is 10.2 Å². The molecule has 2 aromatic rings. The van der Waals surface area contributed by atoms with Crippen LogP contribution in [0.2, 0.25) is 0 Å². The third kappa shape index (κ3) is 2.39. The van der Waals surface area contributed by atoms with E-state index in [9.17, 15) is 4.79 Å². The molecule has 3 N–H and O–H groups in total. The Kier molecular flexibility index (Phi) is 3.53. The molecular weight excluding hydrogens is 252 g/mol. The first-order chi connectivity index (χ1) is 9.31. The maximum Gasteiger partial charge on any atom is 0.276 e. The van der Waals surface area contributed by atoms with Crippen molar-refractivity contribution in [2.24, 2.45) is 7.05 Å². The van der Waals surface area contributed by atoms with Gasteiger partial charge in [-0.05, 0) is 38.8 Å². The molecule has 0 aliphatic rings. The maximum absolute atomic E-state index is 12.4. The van der Waals surface area contributed by atoms with Gasteiger partial charge in [0.05, 0.1) is 11.4 Å². The molecule has 0 bridgehead atoms. The molecule has 5 heteroatoms. The Morgan fingerprint density at radius 3 is 2.20 bits per heavy atom. The van der Waals surface area contributed by atoms with E-state index in [1.807, 2.05) is 32.9 Å². The average molecular weight is 272 g/mol. The predicted octanol–water partition coefficient (Wildman–Crippen LogP) is 2.49. The number of rotatable bonds is 2. The van der Waals surface area contributed by atoms with Crippen molar-refractivity contribution in [1.29, 1.82) is 0 Å². The Bertz CT molecular complexity index is 662. The molecular formula is C15H20N4O. The number of aromatic nitrogens is 2. The highest BCUT2D eigenvalue weighted by Crippen LogP contribution is 2.24. The number of carbonyl (C=O) groups excluding carboxylic acids is 1. The van der Waals surface area contributed by atoms with Crippen molar-refractivity contribution in [2.75, 3.05) is 11.1 Å². The monoisotopic (exact) mass is 272 g/mol. The smallest absolute Gasteiger partial charge is 0.276 e. The molecule has 1 amide bonds. The lowest BCUT2D eigenvalue weighted by atomic mass is 10.0. The van der Waals surface area contributed by atoms with Gasteiger partial charge in [-0.25, -0.2) is 0 Å². The van der Waals surface area contributed by atoms with Crippen LogP contribution in [0.3, 0.4) is 0 Å². The Hall–Kier alpha value is -2.30. The van der Waals surface area contributed by atoms with Gasteiger partial charge in [0.1, 0.15) is 5.69 Å². The number of anilines is 2. The first-order valence-corrected chi connectivity index (χ1v) is 6.49. The van der Waals surface area contributed by atoms with Crippen LogP contribution < -0.4 is 11.1 Å². The van der Waals surface area contributed by atoms with Gasteiger partial charge in [0.25, 0.3) is 5.91 Å². The van der Waals surface area contributed by atoms with Gasteiger partial charge in [-0.1, -0.05) is 17.7 Å². The van der Waals surface area contributed by atoms with Gasteiger partial charge in [0.2, 0.25) is 0 Å². The summed E-state index contributed by atoms with van der Waals surface area (Å²) < 4.78 is 1.51. The minimum atomic E-state index is -0.236. The second kappa shape index (κ2) is 5.00. The minimum absolute atomic E-state index is 0.236. The fourth-order valence-corrected chi connectivity index (χ4v) is 2.49. The SMILES string of the molecule is Cc1cc(C)c(NC(=O)c2c(N)c(C)nn2C)c(C)c1. The highest BCUT2D eigenvalue weighted by atomic mass is 16.2. The molecule has 5 nitrogen and oxygen atoms in total. The summed E-state index contributed by atoms with van der Waals surface area (Å²) in [5, 5.41) is 7.10. The first-order valence-electron chi connectivity index (χ1n) is 6.49. The molecule has 0 atom stereocenters. The normalized spacial score (nSPS) is 10.7. The Labute approximate surface area is 118 Å². The van der Waals surface area contributed by atoms with Crippen molar-refractivity contribution < 1.29 is 4.79 Å². The van der Waals surface area contributed by atoms with Crippen LogP contribution in [-0.2, 0) is 7.05 Å². The average Bonchev–Trinajstić information content (AvgIpc) is 2.58. The van der Waals surface area contributed by atoms with Crippen LogP contribution in [-0.4, -0.2) is 15.7 Å². The highest BCUT2D eigenvalue weighted by Gasteiger charge is 2.19. The molecule has 0 radical (unpaired) electrons. The van der Waals surface area contributed by atoms with Crippen LogP contribution in [0, 0.1) is 27.7 Å². The van der Waals surface area contributed by atoms with Gasteiger partial charge in [-0.15, -0.1) is 0 Å². The van der Waals surface area contributed by atoms with Crippen LogP contribution in [0.15, 0.2) is 12.1 Å². The number of benzene rings is 1. The maximum atomic E-state index is 12.4. The summed E-state index contributed by atoms with van der Waals surface area (Å²) in [4.78, 5) is 12.4. The summed E-state index contributed by atoms with van der Waals surface area (Å²) in [6.45, 7) is 7.78. The van der Waals surface area contributed by atoms with Gasteiger partial charge >= 0.3 is 0 Å². The van der Waals surface area contributed by atoms with E-state index in [4.69, 9.17) is 5.73 Å². The molecule has 20 heavy (non-hydrogen) atoms. The van der Waals surface area contributed by atoms with E-state index >= 15 is 0 Å². The predicted molar refractivity (Wildman–Crippen MR) is 81.0 cm³/mol. The first kappa shape index (κ1) is 14.1. The Balaban J connectivity index is 2.38. The highest BCUT2D eigenvalue weighted by molar-refractivity contribution is 6.07. The van der Waals surface area contributed by atoms with Crippen LogP contribution in [0.5, 0.6) is 0 Å². The third-order valence-electron chi connectivity index (χ3n) is 3.40. The summed E-state index contributed by atoms with van der Waals surface area (Å²) in [6, 6.07) is 4.08. The largest absolute Gasteiger partial charge is 0.395 e. The number of hydrogen-bond donors (Lipinski definition) is 2. The number of amides is 1. The van der Waals surface area contributed by atoms with Crippen LogP contribution in [0.25, 0.3) is 0 Å². The molecule has 0 fully saturated rings. The second-order valence-corrected chi connectivity index (χ2v) is 5.20. The van der Waals surface area contributed by atoms with Gasteiger partial charge in [0.15, 0.2) is 0 Å². The standard InChI is InChI=1S/C15H20N4O/c1-8-6-9(2)13(10(3)7-8)17-15(20)14-12(16)11(4)18-19(14)5/h6-7H,16H2,1-5H3,(H,17,20). The molecule has 1 heterocycles. The number of nitrogens with two attached hydrogens (primary N) is 1. The second-order valence-electron chi connectivity index (χ2n) is 5.20. The summed E-state index contributed by atoms with van der Waals surface area (Å²) in [5.41, 5.74) is 11.5. The zero-order valence-electron chi connectivity index (χ0n) is 12.5. The van der Waals surface area contributed by atoms with Crippen LogP contribution >= 0.6 is 0 Å². The lowest BCUT2D eigenvalue weighted by molar-refractivity contribution is 0.101. The lowest BCUT2D eigenvalue weighted by Crippen LogP contribution is -2.19. The van der Waals surface area contributed by atoms with Gasteiger partial charge in [-0.3, -0.25) is 9.48 Å². The summed E-state index contributed by atoms with van der Waals surface area (Å²) >= 11 is 0. The van der Waals surface area contributed by atoms with E-state index in [-0.39, 0.29) is 5.91 Å². The molecule has 0 saturated carbocycles. The molecule has 106 valence electrons. The van der Waals surface area contributed by atoms with E-state index in [0.29, 0.717) is 17.1 Å². The quantitative estimate of drug-likeness (QED) is 0.882. The summed E-state index contributed by atoms with van der Waals surface area (Å²) in [5.74, 6) is -0.236. The van der Waals surface area contributed by atoms with Crippen molar-refractivity contribution in [3.05, 3.63) is 40.2 Å². The van der Waals surface area contributed by atoms with E-state index in [1.54, 1.807) is 14.0 Å². The zero-order valence-corrected chi connectivity index (χ0v) is 12.5. The topological polar surface area (TPSA) is 72.9 Å². The molecule has 0 saturated heterocycles. The van der Waals surface area contributed by atoms with E-state index in [0.717, 1.165) is 16.8 Å². The van der Waals surface area contributed by atoms with Gasteiger partial charge < -0.3 is 11.1 Å². The zero-order chi connectivity index (χ0) is 15.0. The fourth-order valence-electron chi connectivity index (χ4n) is 2.49. The Morgan fingerprint density at radius 1 is 1.20 bits per heavy atom. The lowest BCUT2D eigenvalue weighted by Gasteiger charge is -2.13. The Morgan fingerprint density at radius 2 is 1.75 bits per heavy atom. The number of carbonyl (C=O) groups is 1.